The fourth-order valence-electron chi connectivity index (χ4n) is 1.78. The fraction of sp³-hybridized carbons (Fsp3) is 0.533. The van der Waals surface area contributed by atoms with Crippen LogP contribution in [0.3, 0.4) is 0 Å². The Morgan fingerprint density at radius 1 is 1.16 bits per heavy atom. The number of ether oxygens (including phenoxy) is 2. The van der Waals surface area contributed by atoms with Gasteiger partial charge in [0.2, 0.25) is 5.91 Å². The molecule has 0 saturated carbocycles. The average molecular weight is 265 g/mol. The molecule has 0 bridgehead atoms. The summed E-state index contributed by atoms with van der Waals surface area (Å²) in [6, 6.07) is 7.96. The molecule has 1 rings (SSSR count). The van der Waals surface area contributed by atoms with Gasteiger partial charge in [-0.25, -0.2) is 0 Å². The Bertz CT molecular complexity index is 362. The van der Waals surface area contributed by atoms with Crippen molar-refractivity contribution >= 4 is 5.91 Å². The topological polar surface area (TPSA) is 47.6 Å². The normalized spacial score (nSPS) is 10.2. The minimum absolute atomic E-state index is 0.115. The molecule has 106 valence electrons. The number of hydrogen-bond donors (Lipinski definition) is 1. The second kappa shape index (κ2) is 9.39. The van der Waals surface area contributed by atoms with Crippen LogP contribution in [0.15, 0.2) is 24.3 Å². The van der Waals surface area contributed by atoms with Crippen LogP contribution >= 0.6 is 0 Å². The zero-order chi connectivity index (χ0) is 13.9. The number of carbonyl (C=O) groups is 1. The van der Waals surface area contributed by atoms with Gasteiger partial charge in [-0.1, -0.05) is 12.1 Å². The summed E-state index contributed by atoms with van der Waals surface area (Å²) < 4.78 is 10.0. The van der Waals surface area contributed by atoms with E-state index < -0.39 is 0 Å². The molecule has 4 nitrogen and oxygen atoms in total. The summed E-state index contributed by atoms with van der Waals surface area (Å²) in [6.07, 6.45) is 3.21. The number of aryl methyl sites for hydroxylation is 1. The molecule has 0 aliphatic heterocycles. The van der Waals surface area contributed by atoms with E-state index in [9.17, 15) is 4.79 Å². The average Bonchev–Trinajstić information content (AvgIpc) is 2.44. The lowest BCUT2D eigenvalue weighted by atomic mass is 10.1. The third-order valence-electron chi connectivity index (χ3n) is 2.88. The molecule has 4 heteroatoms. The molecule has 1 aromatic carbocycles. The van der Waals surface area contributed by atoms with Gasteiger partial charge in [0.15, 0.2) is 0 Å². The molecule has 1 N–H and O–H groups in total. The maximum atomic E-state index is 11.5. The Balaban J connectivity index is 2.13. The summed E-state index contributed by atoms with van der Waals surface area (Å²) >= 11 is 0. The molecule has 0 aliphatic carbocycles. The molecule has 0 fully saturated rings. The number of nitrogens with one attached hydrogen (secondary N) is 1. The van der Waals surface area contributed by atoms with E-state index in [1.54, 1.807) is 14.2 Å². The number of benzene rings is 1. The van der Waals surface area contributed by atoms with Crippen molar-refractivity contribution in [2.45, 2.75) is 25.7 Å². The van der Waals surface area contributed by atoms with Crippen molar-refractivity contribution in [1.29, 1.82) is 0 Å². The Kier molecular flexibility index (Phi) is 7.66. The highest BCUT2D eigenvalue weighted by Gasteiger charge is 2.01. The van der Waals surface area contributed by atoms with Gasteiger partial charge >= 0.3 is 0 Å². The van der Waals surface area contributed by atoms with E-state index in [2.05, 4.69) is 5.32 Å². The Morgan fingerprint density at radius 2 is 1.89 bits per heavy atom. The molecule has 0 aromatic heterocycles. The van der Waals surface area contributed by atoms with Gasteiger partial charge < -0.3 is 14.8 Å². The molecule has 0 aliphatic rings. The number of methoxy groups -OCH3 is 2. The second-order valence-corrected chi connectivity index (χ2v) is 4.40. The van der Waals surface area contributed by atoms with Crippen LogP contribution in [-0.4, -0.2) is 33.3 Å². The Labute approximate surface area is 115 Å². The zero-order valence-electron chi connectivity index (χ0n) is 11.8. The van der Waals surface area contributed by atoms with Crippen LogP contribution < -0.4 is 10.1 Å². The van der Waals surface area contributed by atoms with Crippen molar-refractivity contribution in [3.8, 4) is 5.75 Å². The molecule has 0 saturated heterocycles. The minimum atomic E-state index is 0.115. The van der Waals surface area contributed by atoms with Gasteiger partial charge in [0, 0.05) is 26.7 Å². The first-order valence-electron chi connectivity index (χ1n) is 6.65. The number of rotatable bonds is 9. The molecule has 0 atom stereocenters. The summed E-state index contributed by atoms with van der Waals surface area (Å²) in [5.74, 6) is 0.976. The molecule has 0 spiro atoms. The van der Waals surface area contributed by atoms with Gasteiger partial charge in [0.05, 0.1) is 7.11 Å². The van der Waals surface area contributed by atoms with E-state index in [1.165, 1.54) is 5.56 Å². The molecule has 0 radical (unpaired) electrons. The van der Waals surface area contributed by atoms with Gasteiger partial charge in [-0.05, 0) is 37.0 Å². The van der Waals surface area contributed by atoms with Crippen molar-refractivity contribution in [3.05, 3.63) is 29.8 Å². The van der Waals surface area contributed by atoms with Crippen molar-refractivity contribution in [2.24, 2.45) is 0 Å². The Hall–Kier alpha value is -1.55. The third-order valence-corrected chi connectivity index (χ3v) is 2.88. The first kappa shape index (κ1) is 15.5. The molecule has 1 aromatic rings. The van der Waals surface area contributed by atoms with Gasteiger partial charge in [0.25, 0.3) is 0 Å². The van der Waals surface area contributed by atoms with Gasteiger partial charge in [-0.3, -0.25) is 4.79 Å². The smallest absolute Gasteiger partial charge is 0.220 e. The quantitative estimate of drug-likeness (QED) is 0.696. The third kappa shape index (κ3) is 6.82. The van der Waals surface area contributed by atoms with Crippen molar-refractivity contribution in [3.63, 3.8) is 0 Å². The first-order chi connectivity index (χ1) is 9.26. The van der Waals surface area contributed by atoms with Gasteiger partial charge in [-0.2, -0.15) is 0 Å². The largest absolute Gasteiger partial charge is 0.497 e. The lowest BCUT2D eigenvalue weighted by Gasteiger charge is -2.05. The monoisotopic (exact) mass is 265 g/mol. The highest BCUT2D eigenvalue weighted by molar-refractivity contribution is 5.75. The van der Waals surface area contributed by atoms with Crippen LogP contribution in [0.4, 0.5) is 0 Å². The van der Waals surface area contributed by atoms with Crippen LogP contribution in [0.5, 0.6) is 5.75 Å². The van der Waals surface area contributed by atoms with Crippen molar-refractivity contribution < 1.29 is 14.3 Å². The fourth-order valence-corrected chi connectivity index (χ4v) is 1.78. The summed E-state index contributed by atoms with van der Waals surface area (Å²) in [6.45, 7) is 1.38. The molecule has 0 heterocycles. The minimum Gasteiger partial charge on any atom is -0.497 e. The standard InChI is InChI=1S/C15H23NO3/c1-18-12-4-11-16-15(17)6-3-5-13-7-9-14(19-2)10-8-13/h7-10H,3-6,11-12H2,1-2H3,(H,16,17). The lowest BCUT2D eigenvalue weighted by molar-refractivity contribution is -0.121. The van der Waals surface area contributed by atoms with Crippen LogP contribution in [0.25, 0.3) is 0 Å². The highest BCUT2D eigenvalue weighted by Crippen LogP contribution is 2.13. The Morgan fingerprint density at radius 3 is 2.53 bits per heavy atom. The second-order valence-electron chi connectivity index (χ2n) is 4.40. The maximum Gasteiger partial charge on any atom is 0.220 e. The van der Waals surface area contributed by atoms with Crippen LogP contribution in [0, 0.1) is 0 Å². The molecule has 0 unspecified atom stereocenters. The van der Waals surface area contributed by atoms with Crippen LogP contribution in [-0.2, 0) is 16.0 Å². The van der Waals surface area contributed by atoms with E-state index in [0.717, 1.165) is 25.0 Å². The van der Waals surface area contributed by atoms with E-state index in [-0.39, 0.29) is 5.91 Å². The van der Waals surface area contributed by atoms with Crippen LogP contribution in [0.1, 0.15) is 24.8 Å². The maximum absolute atomic E-state index is 11.5. The predicted octanol–water partition coefficient (Wildman–Crippen LogP) is 2.17. The van der Waals surface area contributed by atoms with Gasteiger partial charge in [-0.15, -0.1) is 0 Å². The van der Waals surface area contributed by atoms with Crippen molar-refractivity contribution in [2.75, 3.05) is 27.4 Å². The summed E-state index contributed by atoms with van der Waals surface area (Å²) in [5.41, 5.74) is 1.23. The SMILES string of the molecule is COCCCNC(=O)CCCc1ccc(OC)cc1. The predicted molar refractivity (Wildman–Crippen MR) is 75.4 cm³/mol. The molecular formula is C15H23NO3. The number of carbonyl (C=O) groups excluding carboxylic acids is 1. The van der Waals surface area contributed by atoms with Gasteiger partial charge in [0.1, 0.15) is 5.75 Å². The lowest BCUT2D eigenvalue weighted by Crippen LogP contribution is -2.24. The van der Waals surface area contributed by atoms with E-state index >= 15 is 0 Å². The summed E-state index contributed by atoms with van der Waals surface area (Å²) in [4.78, 5) is 11.5. The molecule has 1 amide bonds. The van der Waals surface area contributed by atoms with Crippen LogP contribution in [0.2, 0.25) is 0 Å². The molecular weight excluding hydrogens is 242 g/mol. The zero-order valence-corrected chi connectivity index (χ0v) is 11.8. The van der Waals surface area contributed by atoms with E-state index in [0.29, 0.717) is 19.6 Å². The number of hydrogen-bond acceptors (Lipinski definition) is 3. The number of amides is 1. The molecule has 19 heavy (non-hydrogen) atoms. The van der Waals surface area contributed by atoms with E-state index in [1.807, 2.05) is 24.3 Å². The summed E-state index contributed by atoms with van der Waals surface area (Å²) in [5, 5.41) is 2.88. The van der Waals surface area contributed by atoms with E-state index in [4.69, 9.17) is 9.47 Å². The first-order valence-corrected chi connectivity index (χ1v) is 6.65. The van der Waals surface area contributed by atoms with Crippen molar-refractivity contribution in [1.82, 2.24) is 5.32 Å². The highest BCUT2D eigenvalue weighted by atomic mass is 16.5. The summed E-state index contributed by atoms with van der Waals surface area (Å²) in [7, 11) is 3.32.